The number of methoxy groups -OCH3 is 1. The van der Waals surface area contributed by atoms with Gasteiger partial charge in [-0.1, -0.05) is 18.2 Å². The summed E-state index contributed by atoms with van der Waals surface area (Å²) in [6.45, 7) is 1.95. The van der Waals surface area contributed by atoms with Gasteiger partial charge in [0.15, 0.2) is 0 Å². The first-order valence-corrected chi connectivity index (χ1v) is 5.72. The van der Waals surface area contributed by atoms with Gasteiger partial charge in [-0.3, -0.25) is 0 Å². The number of hydrogen-bond donors (Lipinski definition) is 1. The monoisotopic (exact) mass is 246 g/mol. The number of aromatic nitrogens is 1. The molecule has 1 N–H and O–H groups in total. The SMILES string of the molecule is COc1cccc(NC(C)c2cccc(F)c2)n1. The lowest BCUT2D eigenvalue weighted by Gasteiger charge is -2.15. The van der Waals surface area contributed by atoms with Crippen LogP contribution in [0.2, 0.25) is 0 Å². The van der Waals surface area contributed by atoms with Crippen molar-refractivity contribution in [3.8, 4) is 5.88 Å². The van der Waals surface area contributed by atoms with Gasteiger partial charge in [-0.2, -0.15) is 4.98 Å². The molecular weight excluding hydrogens is 231 g/mol. The lowest BCUT2D eigenvalue weighted by atomic mass is 10.1. The van der Waals surface area contributed by atoms with E-state index in [1.54, 1.807) is 19.2 Å². The number of nitrogens with one attached hydrogen (secondary N) is 1. The normalized spacial score (nSPS) is 11.9. The fourth-order valence-electron chi connectivity index (χ4n) is 1.69. The van der Waals surface area contributed by atoms with E-state index < -0.39 is 0 Å². The van der Waals surface area contributed by atoms with Gasteiger partial charge in [-0.25, -0.2) is 4.39 Å². The molecule has 0 bridgehead atoms. The van der Waals surface area contributed by atoms with Crippen LogP contribution in [-0.2, 0) is 0 Å². The average Bonchev–Trinajstić information content (AvgIpc) is 2.39. The Bertz CT molecular complexity index is 531. The molecule has 0 saturated carbocycles. The third kappa shape index (κ3) is 2.97. The number of anilines is 1. The van der Waals surface area contributed by atoms with Crippen LogP contribution >= 0.6 is 0 Å². The Kier molecular flexibility index (Phi) is 3.77. The predicted octanol–water partition coefficient (Wildman–Crippen LogP) is 3.40. The van der Waals surface area contributed by atoms with Gasteiger partial charge in [0.25, 0.3) is 0 Å². The number of nitrogens with zero attached hydrogens (tertiary/aromatic N) is 1. The molecule has 1 unspecified atom stereocenters. The number of pyridine rings is 1. The van der Waals surface area contributed by atoms with Crippen molar-refractivity contribution in [1.82, 2.24) is 4.98 Å². The van der Waals surface area contributed by atoms with E-state index in [0.29, 0.717) is 11.7 Å². The number of ether oxygens (including phenoxy) is 1. The van der Waals surface area contributed by atoms with E-state index in [2.05, 4.69) is 10.3 Å². The second-order valence-electron chi connectivity index (χ2n) is 3.99. The molecule has 0 fully saturated rings. The van der Waals surface area contributed by atoms with Crippen LogP contribution in [0, 0.1) is 5.82 Å². The fourth-order valence-corrected chi connectivity index (χ4v) is 1.69. The van der Waals surface area contributed by atoms with Crippen LogP contribution in [-0.4, -0.2) is 12.1 Å². The van der Waals surface area contributed by atoms with E-state index in [1.807, 2.05) is 25.1 Å². The summed E-state index contributed by atoms with van der Waals surface area (Å²) < 4.78 is 18.2. The highest BCUT2D eigenvalue weighted by atomic mass is 19.1. The van der Waals surface area contributed by atoms with E-state index in [-0.39, 0.29) is 11.9 Å². The molecule has 2 aromatic rings. The maximum absolute atomic E-state index is 13.1. The van der Waals surface area contributed by atoms with E-state index in [0.717, 1.165) is 5.56 Å². The van der Waals surface area contributed by atoms with Crippen molar-refractivity contribution in [2.45, 2.75) is 13.0 Å². The molecule has 1 aromatic carbocycles. The lowest BCUT2D eigenvalue weighted by molar-refractivity contribution is 0.398. The molecule has 0 spiro atoms. The van der Waals surface area contributed by atoms with E-state index >= 15 is 0 Å². The summed E-state index contributed by atoms with van der Waals surface area (Å²) in [5.74, 6) is 1.01. The molecule has 1 heterocycles. The molecule has 1 aromatic heterocycles. The minimum atomic E-state index is -0.236. The van der Waals surface area contributed by atoms with Crippen LogP contribution in [0.15, 0.2) is 42.5 Å². The van der Waals surface area contributed by atoms with E-state index in [1.165, 1.54) is 12.1 Å². The standard InChI is InChI=1S/C14H15FN2O/c1-10(11-5-3-6-12(15)9-11)16-13-7-4-8-14(17-13)18-2/h3-10H,1-2H3,(H,16,17). The van der Waals surface area contributed by atoms with Gasteiger partial charge < -0.3 is 10.1 Å². The zero-order chi connectivity index (χ0) is 13.0. The first-order valence-electron chi connectivity index (χ1n) is 5.72. The Morgan fingerprint density at radius 2 is 2.00 bits per heavy atom. The first-order chi connectivity index (χ1) is 8.69. The van der Waals surface area contributed by atoms with Gasteiger partial charge in [0, 0.05) is 6.07 Å². The Labute approximate surface area is 106 Å². The Morgan fingerprint density at radius 1 is 1.22 bits per heavy atom. The molecule has 0 radical (unpaired) electrons. The lowest BCUT2D eigenvalue weighted by Crippen LogP contribution is -2.08. The van der Waals surface area contributed by atoms with Gasteiger partial charge in [0.2, 0.25) is 5.88 Å². The number of benzene rings is 1. The predicted molar refractivity (Wildman–Crippen MR) is 69.2 cm³/mol. The molecule has 2 rings (SSSR count). The van der Waals surface area contributed by atoms with Crippen LogP contribution < -0.4 is 10.1 Å². The van der Waals surface area contributed by atoms with E-state index in [9.17, 15) is 4.39 Å². The van der Waals surface area contributed by atoms with Crippen molar-refractivity contribution in [2.24, 2.45) is 0 Å². The van der Waals surface area contributed by atoms with Crippen molar-refractivity contribution < 1.29 is 9.13 Å². The van der Waals surface area contributed by atoms with Crippen LogP contribution in [0.25, 0.3) is 0 Å². The minimum absolute atomic E-state index is 0.0275. The first kappa shape index (κ1) is 12.4. The molecule has 4 heteroatoms. The second-order valence-corrected chi connectivity index (χ2v) is 3.99. The molecule has 94 valence electrons. The Balaban J connectivity index is 2.13. The van der Waals surface area contributed by atoms with Gasteiger partial charge in [0.1, 0.15) is 11.6 Å². The molecule has 3 nitrogen and oxygen atoms in total. The van der Waals surface area contributed by atoms with Crippen molar-refractivity contribution >= 4 is 5.82 Å². The summed E-state index contributed by atoms with van der Waals surface area (Å²) in [4.78, 5) is 4.25. The quantitative estimate of drug-likeness (QED) is 0.897. The molecule has 0 aliphatic rings. The summed E-state index contributed by atoms with van der Waals surface area (Å²) in [6, 6.07) is 12.0. The molecule has 0 saturated heterocycles. The van der Waals surface area contributed by atoms with Crippen molar-refractivity contribution in [3.05, 3.63) is 53.8 Å². The molecule has 18 heavy (non-hydrogen) atoms. The zero-order valence-electron chi connectivity index (χ0n) is 10.4. The number of rotatable bonds is 4. The maximum atomic E-state index is 13.1. The number of hydrogen-bond acceptors (Lipinski definition) is 3. The summed E-state index contributed by atoms with van der Waals surface area (Å²) >= 11 is 0. The summed E-state index contributed by atoms with van der Waals surface area (Å²) in [5.41, 5.74) is 0.875. The average molecular weight is 246 g/mol. The Hall–Kier alpha value is -2.10. The summed E-state index contributed by atoms with van der Waals surface area (Å²) in [5, 5.41) is 3.20. The van der Waals surface area contributed by atoms with Crippen LogP contribution in [0.4, 0.5) is 10.2 Å². The molecular formula is C14H15FN2O. The molecule has 0 amide bonds. The third-order valence-corrected chi connectivity index (χ3v) is 2.65. The molecule has 1 atom stereocenters. The highest BCUT2D eigenvalue weighted by Crippen LogP contribution is 2.19. The van der Waals surface area contributed by atoms with Gasteiger partial charge >= 0.3 is 0 Å². The number of halogens is 1. The third-order valence-electron chi connectivity index (χ3n) is 2.65. The summed E-state index contributed by atoms with van der Waals surface area (Å²) in [7, 11) is 1.57. The van der Waals surface area contributed by atoms with Crippen LogP contribution in [0.1, 0.15) is 18.5 Å². The highest BCUT2D eigenvalue weighted by Gasteiger charge is 2.07. The maximum Gasteiger partial charge on any atom is 0.214 e. The molecule has 0 aliphatic carbocycles. The summed E-state index contributed by atoms with van der Waals surface area (Å²) in [6.07, 6.45) is 0. The second kappa shape index (κ2) is 5.49. The highest BCUT2D eigenvalue weighted by molar-refractivity contribution is 5.40. The van der Waals surface area contributed by atoms with Crippen LogP contribution in [0.3, 0.4) is 0 Å². The fraction of sp³-hybridized carbons (Fsp3) is 0.214. The van der Waals surface area contributed by atoms with Crippen molar-refractivity contribution in [3.63, 3.8) is 0 Å². The largest absolute Gasteiger partial charge is 0.481 e. The Morgan fingerprint density at radius 3 is 2.72 bits per heavy atom. The van der Waals surface area contributed by atoms with Gasteiger partial charge in [0.05, 0.1) is 13.2 Å². The molecule has 0 aliphatic heterocycles. The van der Waals surface area contributed by atoms with Gasteiger partial charge in [-0.15, -0.1) is 0 Å². The van der Waals surface area contributed by atoms with Crippen molar-refractivity contribution in [2.75, 3.05) is 12.4 Å². The van der Waals surface area contributed by atoms with Crippen molar-refractivity contribution in [1.29, 1.82) is 0 Å². The van der Waals surface area contributed by atoms with Gasteiger partial charge in [-0.05, 0) is 30.7 Å². The van der Waals surface area contributed by atoms with E-state index in [4.69, 9.17) is 4.74 Å². The smallest absolute Gasteiger partial charge is 0.214 e. The van der Waals surface area contributed by atoms with Crippen LogP contribution in [0.5, 0.6) is 5.88 Å². The zero-order valence-corrected chi connectivity index (χ0v) is 10.4. The minimum Gasteiger partial charge on any atom is -0.481 e. The topological polar surface area (TPSA) is 34.1 Å².